The molecule has 114 valence electrons. The zero-order valence-corrected chi connectivity index (χ0v) is 13.3. The summed E-state index contributed by atoms with van der Waals surface area (Å²) in [7, 11) is 4.53. The van der Waals surface area contributed by atoms with E-state index in [9.17, 15) is 0 Å². The molecule has 2 aliphatic heterocycles. The zero-order valence-electron chi connectivity index (χ0n) is 13.3. The van der Waals surface area contributed by atoms with E-state index >= 15 is 0 Å². The maximum atomic E-state index is 3.70. The maximum absolute atomic E-state index is 3.70. The van der Waals surface area contributed by atoms with Gasteiger partial charge in [0.05, 0.1) is 0 Å². The molecule has 2 heteroatoms. The molecule has 21 heavy (non-hydrogen) atoms. The van der Waals surface area contributed by atoms with Crippen molar-refractivity contribution in [2.24, 2.45) is 11.8 Å². The van der Waals surface area contributed by atoms with Crippen molar-refractivity contribution in [1.29, 1.82) is 0 Å². The summed E-state index contributed by atoms with van der Waals surface area (Å²) in [5.41, 5.74) is 1.55. The number of hydrogen-bond acceptors (Lipinski definition) is 2. The van der Waals surface area contributed by atoms with Crippen LogP contribution in [0, 0.1) is 11.8 Å². The highest BCUT2D eigenvalue weighted by Crippen LogP contribution is 2.53. The smallest absolute Gasteiger partial charge is 0.0128 e. The van der Waals surface area contributed by atoms with E-state index in [1.807, 2.05) is 0 Å². The van der Waals surface area contributed by atoms with Gasteiger partial charge in [0.15, 0.2) is 0 Å². The zero-order chi connectivity index (χ0) is 14.4. The minimum absolute atomic E-state index is 0.729. The summed E-state index contributed by atoms with van der Waals surface area (Å²) in [6, 6.07) is 13.6. The third-order valence-electron chi connectivity index (χ3n) is 6.50. The molecule has 2 saturated heterocycles. The number of nitrogens with zero attached hydrogens (tertiary/aromatic N) is 1. The number of rotatable bonds is 4. The van der Waals surface area contributed by atoms with Crippen molar-refractivity contribution in [1.82, 2.24) is 10.2 Å². The number of nitrogens with one attached hydrogen (secondary N) is 1. The standard InChI is InChI=1S/C19H28N2/c1-20-19(14-10-15-8-9-16(11-14)21(15)2)18-12-17(18)13-6-4-3-5-7-13/h3-7,14-20H,8-12H2,1-2H3. The maximum Gasteiger partial charge on any atom is 0.0128 e. The fraction of sp³-hybridized carbons (Fsp3) is 0.684. The Hall–Kier alpha value is -0.860. The molecule has 0 amide bonds. The molecule has 1 N–H and O–H groups in total. The molecule has 1 aromatic carbocycles. The lowest BCUT2D eigenvalue weighted by Gasteiger charge is -2.40. The summed E-state index contributed by atoms with van der Waals surface area (Å²) in [5.74, 6) is 2.56. The van der Waals surface area contributed by atoms with Gasteiger partial charge in [0, 0.05) is 18.1 Å². The van der Waals surface area contributed by atoms with Crippen molar-refractivity contribution in [2.75, 3.05) is 14.1 Å². The second kappa shape index (κ2) is 5.40. The molecule has 2 heterocycles. The Labute approximate surface area is 128 Å². The van der Waals surface area contributed by atoms with Crippen molar-refractivity contribution in [3.8, 4) is 0 Å². The average molecular weight is 284 g/mol. The van der Waals surface area contributed by atoms with E-state index in [0.717, 1.165) is 35.9 Å². The quantitative estimate of drug-likeness (QED) is 0.913. The third kappa shape index (κ3) is 2.43. The topological polar surface area (TPSA) is 15.3 Å². The van der Waals surface area contributed by atoms with Crippen LogP contribution < -0.4 is 5.32 Å². The summed E-state index contributed by atoms with van der Waals surface area (Å²) < 4.78 is 0. The fourth-order valence-corrected chi connectivity index (χ4v) is 5.24. The van der Waals surface area contributed by atoms with Gasteiger partial charge in [-0.2, -0.15) is 0 Å². The van der Waals surface area contributed by atoms with Gasteiger partial charge >= 0.3 is 0 Å². The fourth-order valence-electron chi connectivity index (χ4n) is 5.24. The predicted octanol–water partition coefficient (Wildman–Crippen LogP) is 3.25. The van der Waals surface area contributed by atoms with Crippen LogP contribution in [0.4, 0.5) is 0 Å². The van der Waals surface area contributed by atoms with Gasteiger partial charge in [-0.15, -0.1) is 0 Å². The number of fused-ring (bicyclic) bond motifs is 2. The molecule has 4 rings (SSSR count). The summed E-state index contributed by atoms with van der Waals surface area (Å²) in [6.07, 6.45) is 7.08. The van der Waals surface area contributed by atoms with Crippen LogP contribution in [0.15, 0.2) is 30.3 Å². The van der Waals surface area contributed by atoms with Gasteiger partial charge in [-0.25, -0.2) is 0 Å². The van der Waals surface area contributed by atoms with Gasteiger partial charge in [-0.3, -0.25) is 0 Å². The molecule has 1 aromatic rings. The molecule has 1 aliphatic carbocycles. The number of hydrogen-bond donors (Lipinski definition) is 1. The van der Waals surface area contributed by atoms with Crippen LogP contribution in [0.5, 0.6) is 0 Å². The molecule has 2 nitrogen and oxygen atoms in total. The molecule has 1 saturated carbocycles. The first kappa shape index (κ1) is 13.8. The highest BCUT2D eigenvalue weighted by molar-refractivity contribution is 5.27. The predicted molar refractivity (Wildman–Crippen MR) is 87.4 cm³/mol. The molecule has 0 spiro atoms. The van der Waals surface area contributed by atoms with Crippen LogP contribution >= 0.6 is 0 Å². The van der Waals surface area contributed by atoms with Crippen molar-refractivity contribution >= 4 is 0 Å². The van der Waals surface area contributed by atoms with Crippen LogP contribution in [0.2, 0.25) is 0 Å². The van der Waals surface area contributed by atoms with Crippen LogP contribution in [0.25, 0.3) is 0 Å². The van der Waals surface area contributed by atoms with E-state index < -0.39 is 0 Å². The normalized spacial score (nSPS) is 40.2. The summed E-state index contributed by atoms with van der Waals surface area (Å²) >= 11 is 0. The van der Waals surface area contributed by atoms with Gasteiger partial charge in [0.2, 0.25) is 0 Å². The summed E-state index contributed by atoms with van der Waals surface area (Å²) in [5, 5.41) is 3.70. The Morgan fingerprint density at radius 3 is 2.33 bits per heavy atom. The second-order valence-corrected chi connectivity index (χ2v) is 7.51. The van der Waals surface area contributed by atoms with Gasteiger partial charge in [-0.1, -0.05) is 30.3 Å². The Morgan fingerprint density at radius 1 is 1.05 bits per heavy atom. The first-order valence-corrected chi connectivity index (χ1v) is 8.72. The third-order valence-corrected chi connectivity index (χ3v) is 6.50. The first-order chi connectivity index (χ1) is 10.3. The minimum Gasteiger partial charge on any atom is -0.316 e. The van der Waals surface area contributed by atoms with Crippen molar-refractivity contribution in [2.45, 2.75) is 56.1 Å². The summed E-state index contributed by atoms with van der Waals surface area (Å²) in [4.78, 5) is 2.66. The SMILES string of the molecule is CNC(C1CC2CCC(C1)N2C)C1CC1c1ccccc1. The number of benzene rings is 1. The van der Waals surface area contributed by atoms with Gasteiger partial charge in [0.1, 0.15) is 0 Å². The highest BCUT2D eigenvalue weighted by atomic mass is 15.2. The molecular weight excluding hydrogens is 256 g/mol. The molecule has 0 aromatic heterocycles. The van der Waals surface area contributed by atoms with E-state index in [4.69, 9.17) is 0 Å². The van der Waals surface area contributed by atoms with Crippen molar-refractivity contribution < 1.29 is 0 Å². The molecular formula is C19H28N2. The van der Waals surface area contributed by atoms with E-state index in [2.05, 4.69) is 54.6 Å². The lowest BCUT2D eigenvalue weighted by atomic mass is 9.82. The van der Waals surface area contributed by atoms with Crippen LogP contribution in [-0.2, 0) is 0 Å². The largest absolute Gasteiger partial charge is 0.316 e. The Kier molecular flexibility index (Phi) is 3.55. The lowest BCUT2D eigenvalue weighted by Crippen LogP contribution is -2.47. The van der Waals surface area contributed by atoms with Crippen molar-refractivity contribution in [3.63, 3.8) is 0 Å². The van der Waals surface area contributed by atoms with E-state index in [-0.39, 0.29) is 0 Å². The van der Waals surface area contributed by atoms with E-state index in [0.29, 0.717) is 0 Å². The van der Waals surface area contributed by atoms with Gasteiger partial charge in [-0.05, 0) is 69.5 Å². The van der Waals surface area contributed by atoms with Crippen LogP contribution in [0.3, 0.4) is 0 Å². The van der Waals surface area contributed by atoms with Crippen LogP contribution in [0.1, 0.15) is 43.6 Å². The van der Waals surface area contributed by atoms with Crippen molar-refractivity contribution in [3.05, 3.63) is 35.9 Å². The van der Waals surface area contributed by atoms with E-state index in [1.165, 1.54) is 32.1 Å². The summed E-state index contributed by atoms with van der Waals surface area (Å²) in [6.45, 7) is 0. The van der Waals surface area contributed by atoms with Gasteiger partial charge in [0.25, 0.3) is 0 Å². The first-order valence-electron chi connectivity index (χ1n) is 8.72. The Balaban J connectivity index is 1.45. The molecule has 0 radical (unpaired) electrons. The molecule has 5 atom stereocenters. The average Bonchev–Trinajstić information content (AvgIpc) is 3.26. The monoisotopic (exact) mass is 284 g/mol. The lowest BCUT2D eigenvalue weighted by molar-refractivity contribution is 0.108. The molecule has 3 fully saturated rings. The molecule has 5 unspecified atom stereocenters. The Bertz CT molecular complexity index is 472. The van der Waals surface area contributed by atoms with Gasteiger partial charge < -0.3 is 10.2 Å². The van der Waals surface area contributed by atoms with Crippen LogP contribution in [-0.4, -0.2) is 37.1 Å². The highest BCUT2D eigenvalue weighted by Gasteiger charge is 2.49. The molecule has 2 bridgehead atoms. The molecule has 3 aliphatic rings. The Morgan fingerprint density at radius 2 is 1.71 bits per heavy atom. The minimum atomic E-state index is 0.729. The second-order valence-electron chi connectivity index (χ2n) is 7.51. The number of piperidine rings is 1. The van der Waals surface area contributed by atoms with E-state index in [1.54, 1.807) is 5.56 Å².